The summed E-state index contributed by atoms with van der Waals surface area (Å²) in [5.74, 6) is 0. The molecule has 2 rings (SSSR count). The summed E-state index contributed by atoms with van der Waals surface area (Å²) < 4.78 is 5.34. The van der Waals surface area contributed by atoms with Gasteiger partial charge < -0.3 is 10.1 Å². The fourth-order valence-corrected chi connectivity index (χ4v) is 1.54. The van der Waals surface area contributed by atoms with Gasteiger partial charge in [0.2, 0.25) is 0 Å². The molecule has 1 aromatic heterocycles. The van der Waals surface area contributed by atoms with Gasteiger partial charge in [0, 0.05) is 6.54 Å². The lowest BCUT2D eigenvalue weighted by Gasteiger charge is -2.14. The average Bonchev–Trinajstić information content (AvgIpc) is 2.30. The van der Waals surface area contributed by atoms with Crippen LogP contribution >= 0.6 is 11.6 Å². The Hall–Kier alpha value is -1.06. The third kappa shape index (κ3) is 3.22. The van der Waals surface area contributed by atoms with Gasteiger partial charge in [0.05, 0.1) is 25.1 Å². The van der Waals surface area contributed by atoms with Crippen molar-refractivity contribution in [1.29, 1.82) is 0 Å². The molecule has 0 unspecified atom stereocenters. The molecule has 2 heterocycles. The lowest BCUT2D eigenvalue weighted by atomic mass is 10.2. The van der Waals surface area contributed by atoms with Crippen molar-refractivity contribution in [3.8, 4) is 0 Å². The minimum Gasteiger partial charge on any atom is -0.380 e. The number of aromatic nitrogens is 1. The Kier molecular flexibility index (Phi) is 3.59. The molecular formula is C11H13ClN2O. The number of ether oxygens (including phenoxy) is 1. The van der Waals surface area contributed by atoms with Gasteiger partial charge in [0.25, 0.3) is 0 Å². The molecule has 0 saturated carbocycles. The molecule has 1 aliphatic rings. The summed E-state index contributed by atoms with van der Waals surface area (Å²) in [5, 5.41) is 3.79. The van der Waals surface area contributed by atoms with Crippen molar-refractivity contribution in [3.63, 3.8) is 0 Å². The zero-order valence-corrected chi connectivity index (χ0v) is 9.13. The monoisotopic (exact) mass is 224 g/mol. The quantitative estimate of drug-likeness (QED) is 0.633. The molecule has 4 heteroatoms. The minimum atomic E-state index is 0.515. The van der Waals surface area contributed by atoms with E-state index in [-0.39, 0.29) is 0 Å². The SMILES string of the molecule is Clc1ccc(NCC2=CCCOC2)cn1. The Balaban J connectivity index is 1.87. The van der Waals surface area contributed by atoms with Gasteiger partial charge in [-0.3, -0.25) is 0 Å². The summed E-state index contributed by atoms with van der Waals surface area (Å²) in [6, 6.07) is 3.69. The maximum atomic E-state index is 5.69. The largest absolute Gasteiger partial charge is 0.380 e. The highest BCUT2D eigenvalue weighted by Gasteiger charge is 2.03. The predicted molar refractivity (Wildman–Crippen MR) is 61.3 cm³/mol. The molecule has 1 aromatic rings. The Bertz CT molecular complexity index is 348. The van der Waals surface area contributed by atoms with Gasteiger partial charge in [-0.2, -0.15) is 0 Å². The van der Waals surface area contributed by atoms with E-state index in [0.717, 1.165) is 31.9 Å². The van der Waals surface area contributed by atoms with E-state index in [1.165, 1.54) is 5.57 Å². The van der Waals surface area contributed by atoms with Crippen LogP contribution in [-0.4, -0.2) is 24.7 Å². The van der Waals surface area contributed by atoms with E-state index in [4.69, 9.17) is 16.3 Å². The average molecular weight is 225 g/mol. The Morgan fingerprint density at radius 1 is 1.47 bits per heavy atom. The van der Waals surface area contributed by atoms with Gasteiger partial charge in [0.1, 0.15) is 5.15 Å². The first-order valence-corrected chi connectivity index (χ1v) is 5.33. The summed E-state index contributed by atoms with van der Waals surface area (Å²) in [5.41, 5.74) is 2.27. The zero-order valence-electron chi connectivity index (χ0n) is 8.37. The molecule has 0 fully saturated rings. The first-order chi connectivity index (χ1) is 7.34. The Morgan fingerprint density at radius 3 is 3.07 bits per heavy atom. The van der Waals surface area contributed by atoms with Crippen LogP contribution in [0.25, 0.3) is 0 Å². The number of rotatable bonds is 3. The van der Waals surface area contributed by atoms with E-state index in [1.807, 2.05) is 6.07 Å². The van der Waals surface area contributed by atoms with Crippen molar-refractivity contribution in [3.05, 3.63) is 35.1 Å². The maximum Gasteiger partial charge on any atom is 0.129 e. The van der Waals surface area contributed by atoms with E-state index in [1.54, 1.807) is 12.3 Å². The number of halogens is 1. The normalized spacial score (nSPS) is 15.9. The highest BCUT2D eigenvalue weighted by Crippen LogP contribution is 2.11. The van der Waals surface area contributed by atoms with Crippen molar-refractivity contribution in [1.82, 2.24) is 4.98 Å². The molecule has 1 aliphatic heterocycles. The first-order valence-electron chi connectivity index (χ1n) is 4.96. The second-order valence-electron chi connectivity index (χ2n) is 3.43. The van der Waals surface area contributed by atoms with Crippen molar-refractivity contribution in [2.24, 2.45) is 0 Å². The summed E-state index contributed by atoms with van der Waals surface area (Å²) in [6.07, 6.45) is 4.96. The molecule has 0 radical (unpaired) electrons. The molecule has 0 aromatic carbocycles. The van der Waals surface area contributed by atoms with Crippen LogP contribution in [0.15, 0.2) is 30.0 Å². The van der Waals surface area contributed by atoms with E-state index < -0.39 is 0 Å². The number of pyridine rings is 1. The molecule has 0 aliphatic carbocycles. The van der Waals surface area contributed by atoms with Crippen LogP contribution in [0.4, 0.5) is 5.69 Å². The second-order valence-corrected chi connectivity index (χ2v) is 3.81. The van der Waals surface area contributed by atoms with Crippen LogP contribution in [0, 0.1) is 0 Å². The van der Waals surface area contributed by atoms with Gasteiger partial charge in [-0.05, 0) is 24.1 Å². The summed E-state index contributed by atoms with van der Waals surface area (Å²) in [6.45, 7) is 2.38. The standard InChI is InChI=1S/C11H13ClN2O/c12-11-4-3-10(7-14-11)13-6-9-2-1-5-15-8-9/h2-4,7,13H,1,5-6,8H2. The van der Waals surface area contributed by atoms with Gasteiger partial charge in [-0.25, -0.2) is 4.98 Å². The highest BCUT2D eigenvalue weighted by atomic mass is 35.5. The fraction of sp³-hybridized carbons (Fsp3) is 0.364. The van der Waals surface area contributed by atoms with Crippen molar-refractivity contribution in [2.75, 3.05) is 25.1 Å². The lowest BCUT2D eigenvalue weighted by molar-refractivity contribution is 0.150. The van der Waals surface area contributed by atoms with Crippen LogP contribution in [0.3, 0.4) is 0 Å². The predicted octanol–water partition coefficient (Wildman–Crippen LogP) is 2.49. The van der Waals surface area contributed by atoms with E-state index in [0.29, 0.717) is 5.15 Å². The third-order valence-corrected chi connectivity index (χ3v) is 2.45. The van der Waals surface area contributed by atoms with Gasteiger partial charge in [0.15, 0.2) is 0 Å². The topological polar surface area (TPSA) is 34.1 Å². The maximum absolute atomic E-state index is 5.69. The third-order valence-electron chi connectivity index (χ3n) is 2.23. The molecule has 15 heavy (non-hydrogen) atoms. The molecule has 80 valence electrons. The van der Waals surface area contributed by atoms with Crippen LogP contribution in [0.2, 0.25) is 5.15 Å². The van der Waals surface area contributed by atoms with Crippen molar-refractivity contribution in [2.45, 2.75) is 6.42 Å². The summed E-state index contributed by atoms with van der Waals surface area (Å²) in [7, 11) is 0. The second kappa shape index (κ2) is 5.14. The molecular weight excluding hydrogens is 212 g/mol. The van der Waals surface area contributed by atoms with Crippen LogP contribution in [0.5, 0.6) is 0 Å². The molecule has 0 saturated heterocycles. The van der Waals surface area contributed by atoms with E-state index in [9.17, 15) is 0 Å². The fourth-order valence-electron chi connectivity index (χ4n) is 1.43. The molecule has 0 spiro atoms. The lowest BCUT2D eigenvalue weighted by Crippen LogP contribution is -2.13. The number of hydrogen-bond donors (Lipinski definition) is 1. The van der Waals surface area contributed by atoms with Gasteiger partial charge in [-0.15, -0.1) is 0 Å². The molecule has 3 nitrogen and oxygen atoms in total. The van der Waals surface area contributed by atoms with Crippen molar-refractivity contribution >= 4 is 17.3 Å². The smallest absolute Gasteiger partial charge is 0.129 e. The number of anilines is 1. The summed E-state index contributed by atoms with van der Waals surface area (Å²) >= 11 is 5.69. The number of hydrogen-bond acceptors (Lipinski definition) is 3. The summed E-state index contributed by atoms with van der Waals surface area (Å²) in [4.78, 5) is 4.00. The molecule has 1 N–H and O–H groups in total. The highest BCUT2D eigenvalue weighted by molar-refractivity contribution is 6.29. The molecule has 0 amide bonds. The zero-order chi connectivity index (χ0) is 10.5. The van der Waals surface area contributed by atoms with Crippen molar-refractivity contribution < 1.29 is 4.74 Å². The van der Waals surface area contributed by atoms with Gasteiger partial charge in [-0.1, -0.05) is 17.7 Å². The molecule has 0 bridgehead atoms. The Morgan fingerprint density at radius 2 is 2.40 bits per heavy atom. The van der Waals surface area contributed by atoms with E-state index in [2.05, 4.69) is 16.4 Å². The first kappa shape index (κ1) is 10.5. The van der Waals surface area contributed by atoms with Gasteiger partial charge >= 0.3 is 0 Å². The number of nitrogens with zero attached hydrogens (tertiary/aromatic N) is 1. The number of nitrogens with one attached hydrogen (secondary N) is 1. The van der Waals surface area contributed by atoms with Crippen LogP contribution < -0.4 is 5.32 Å². The minimum absolute atomic E-state index is 0.515. The molecule has 0 atom stereocenters. The van der Waals surface area contributed by atoms with Crippen LogP contribution in [-0.2, 0) is 4.74 Å². The van der Waals surface area contributed by atoms with E-state index >= 15 is 0 Å². The van der Waals surface area contributed by atoms with Crippen LogP contribution in [0.1, 0.15) is 6.42 Å². The Labute approximate surface area is 94.1 Å².